The quantitative estimate of drug-likeness (QED) is 0.691. The van der Waals surface area contributed by atoms with Crippen LogP contribution in [0.15, 0.2) is 11.6 Å². The topological polar surface area (TPSA) is 52.3 Å². The second kappa shape index (κ2) is 4.49. The minimum absolute atomic E-state index is 0.103. The van der Waals surface area contributed by atoms with Gasteiger partial charge in [-0.25, -0.2) is 4.79 Å². The van der Waals surface area contributed by atoms with Gasteiger partial charge in [0.2, 0.25) is 0 Å². The number of nitrogens with two attached hydrogens (primary N) is 1. The zero-order chi connectivity index (χ0) is 10.7. The molecule has 3 heteroatoms. The van der Waals surface area contributed by atoms with E-state index in [4.69, 9.17) is 10.5 Å². The van der Waals surface area contributed by atoms with Gasteiger partial charge >= 0.3 is 6.09 Å². The molecule has 0 radical (unpaired) electrons. The molecule has 80 valence electrons. The highest BCUT2D eigenvalue weighted by Gasteiger charge is 2.26. The molecule has 1 aliphatic carbocycles. The summed E-state index contributed by atoms with van der Waals surface area (Å²) in [5.74, 6) is 1.22. The van der Waals surface area contributed by atoms with Crippen LogP contribution in [0, 0.1) is 11.8 Å². The molecule has 0 saturated heterocycles. The van der Waals surface area contributed by atoms with Crippen LogP contribution in [0.1, 0.15) is 33.6 Å². The Hall–Kier alpha value is -0.990. The molecular weight excluding hydrogens is 178 g/mol. The van der Waals surface area contributed by atoms with Crippen LogP contribution in [0.4, 0.5) is 4.79 Å². The van der Waals surface area contributed by atoms with E-state index in [-0.39, 0.29) is 6.10 Å². The molecule has 0 spiro atoms. The maximum absolute atomic E-state index is 10.7. The van der Waals surface area contributed by atoms with E-state index in [2.05, 4.69) is 19.9 Å². The van der Waals surface area contributed by atoms with Crippen molar-refractivity contribution in [1.82, 2.24) is 0 Å². The minimum atomic E-state index is -0.674. The molecule has 0 heterocycles. The fourth-order valence-electron chi connectivity index (χ4n) is 1.85. The predicted octanol–water partition coefficient (Wildman–Crippen LogP) is 2.46. The van der Waals surface area contributed by atoms with Gasteiger partial charge in [0.25, 0.3) is 0 Å². The SMILES string of the molecule is CC1=CCC(C(C)C)CC1OC(N)=O. The van der Waals surface area contributed by atoms with E-state index in [1.165, 1.54) is 0 Å². The Morgan fingerprint density at radius 3 is 2.79 bits per heavy atom. The standard InChI is InChI=1S/C11H19NO2/c1-7(2)9-5-4-8(3)10(6-9)14-11(12)13/h4,7,9-10H,5-6H2,1-3H3,(H2,12,13). The Morgan fingerprint density at radius 2 is 2.29 bits per heavy atom. The molecule has 2 N–H and O–H groups in total. The Morgan fingerprint density at radius 1 is 1.64 bits per heavy atom. The van der Waals surface area contributed by atoms with Crippen LogP contribution in [0.2, 0.25) is 0 Å². The maximum atomic E-state index is 10.7. The van der Waals surface area contributed by atoms with Crippen LogP contribution in [0.25, 0.3) is 0 Å². The monoisotopic (exact) mass is 197 g/mol. The van der Waals surface area contributed by atoms with Crippen molar-refractivity contribution in [3.8, 4) is 0 Å². The van der Waals surface area contributed by atoms with Crippen molar-refractivity contribution in [2.45, 2.75) is 39.7 Å². The van der Waals surface area contributed by atoms with Gasteiger partial charge in [-0.2, -0.15) is 0 Å². The number of rotatable bonds is 2. The molecule has 0 aromatic rings. The van der Waals surface area contributed by atoms with E-state index in [0.29, 0.717) is 11.8 Å². The highest BCUT2D eigenvalue weighted by molar-refractivity contribution is 5.65. The van der Waals surface area contributed by atoms with Crippen molar-refractivity contribution in [3.05, 3.63) is 11.6 Å². The van der Waals surface area contributed by atoms with E-state index >= 15 is 0 Å². The zero-order valence-corrected chi connectivity index (χ0v) is 9.12. The summed E-state index contributed by atoms with van der Waals surface area (Å²) in [4.78, 5) is 10.7. The van der Waals surface area contributed by atoms with E-state index in [1.54, 1.807) is 0 Å². The summed E-state index contributed by atoms with van der Waals surface area (Å²) in [7, 11) is 0. The number of hydrogen-bond acceptors (Lipinski definition) is 2. The summed E-state index contributed by atoms with van der Waals surface area (Å²) in [6.45, 7) is 6.38. The molecule has 1 rings (SSSR count). The maximum Gasteiger partial charge on any atom is 0.405 e. The molecule has 1 amide bonds. The van der Waals surface area contributed by atoms with Crippen molar-refractivity contribution in [3.63, 3.8) is 0 Å². The predicted molar refractivity (Wildman–Crippen MR) is 55.8 cm³/mol. The molecule has 14 heavy (non-hydrogen) atoms. The van der Waals surface area contributed by atoms with Crippen molar-refractivity contribution in [1.29, 1.82) is 0 Å². The molecule has 1 aliphatic rings. The third-order valence-corrected chi connectivity index (χ3v) is 2.97. The Balaban J connectivity index is 2.62. The molecule has 0 fully saturated rings. The molecular formula is C11H19NO2. The summed E-state index contributed by atoms with van der Waals surface area (Å²) in [5.41, 5.74) is 6.14. The molecule has 0 aromatic carbocycles. The van der Waals surface area contributed by atoms with Crippen LogP contribution < -0.4 is 5.73 Å². The number of primary amides is 1. The second-order valence-corrected chi connectivity index (χ2v) is 4.35. The average Bonchev–Trinajstić information content (AvgIpc) is 2.07. The third kappa shape index (κ3) is 2.76. The number of carbonyl (C=O) groups excluding carboxylic acids is 1. The number of allylic oxidation sites excluding steroid dienone is 1. The fraction of sp³-hybridized carbons (Fsp3) is 0.727. The number of amides is 1. The van der Waals surface area contributed by atoms with Crippen LogP contribution >= 0.6 is 0 Å². The third-order valence-electron chi connectivity index (χ3n) is 2.97. The van der Waals surface area contributed by atoms with E-state index in [0.717, 1.165) is 18.4 Å². The molecule has 2 unspecified atom stereocenters. The Kier molecular flexibility index (Phi) is 3.55. The molecule has 2 atom stereocenters. The molecule has 0 saturated carbocycles. The summed E-state index contributed by atoms with van der Waals surface area (Å²) in [5, 5.41) is 0. The van der Waals surface area contributed by atoms with Gasteiger partial charge in [0.15, 0.2) is 0 Å². The smallest absolute Gasteiger partial charge is 0.405 e. The largest absolute Gasteiger partial charge is 0.442 e. The summed E-state index contributed by atoms with van der Waals surface area (Å²) in [6, 6.07) is 0. The molecule has 0 bridgehead atoms. The second-order valence-electron chi connectivity index (χ2n) is 4.35. The lowest BCUT2D eigenvalue weighted by molar-refractivity contribution is 0.0981. The lowest BCUT2D eigenvalue weighted by Crippen LogP contribution is -2.29. The number of carbonyl (C=O) groups is 1. The van der Waals surface area contributed by atoms with E-state index in [9.17, 15) is 4.79 Å². The van der Waals surface area contributed by atoms with Gasteiger partial charge < -0.3 is 10.5 Å². The first-order valence-electron chi connectivity index (χ1n) is 5.13. The average molecular weight is 197 g/mol. The van der Waals surface area contributed by atoms with Crippen LogP contribution in [0.3, 0.4) is 0 Å². The van der Waals surface area contributed by atoms with Crippen LogP contribution in [-0.2, 0) is 4.74 Å². The normalized spacial score (nSPS) is 27.3. The molecule has 3 nitrogen and oxygen atoms in total. The van der Waals surface area contributed by atoms with Crippen LogP contribution in [-0.4, -0.2) is 12.2 Å². The van der Waals surface area contributed by atoms with Gasteiger partial charge in [-0.05, 0) is 37.2 Å². The van der Waals surface area contributed by atoms with Crippen molar-refractivity contribution in [2.75, 3.05) is 0 Å². The van der Waals surface area contributed by atoms with E-state index in [1.807, 2.05) is 6.92 Å². The Bertz CT molecular complexity index is 246. The first-order chi connectivity index (χ1) is 6.50. The number of ether oxygens (including phenoxy) is 1. The van der Waals surface area contributed by atoms with Gasteiger partial charge in [-0.3, -0.25) is 0 Å². The van der Waals surface area contributed by atoms with Crippen molar-refractivity contribution in [2.24, 2.45) is 17.6 Å². The minimum Gasteiger partial charge on any atom is -0.442 e. The van der Waals surface area contributed by atoms with Gasteiger partial charge in [0.05, 0.1) is 0 Å². The molecule has 0 aromatic heterocycles. The Labute approximate surface area is 85.3 Å². The summed E-state index contributed by atoms with van der Waals surface area (Å²) < 4.78 is 5.05. The highest BCUT2D eigenvalue weighted by atomic mass is 16.6. The summed E-state index contributed by atoms with van der Waals surface area (Å²) >= 11 is 0. The lowest BCUT2D eigenvalue weighted by Gasteiger charge is -2.30. The van der Waals surface area contributed by atoms with Gasteiger partial charge in [0, 0.05) is 0 Å². The first-order valence-corrected chi connectivity index (χ1v) is 5.13. The van der Waals surface area contributed by atoms with Crippen LogP contribution in [0.5, 0.6) is 0 Å². The fourth-order valence-corrected chi connectivity index (χ4v) is 1.85. The zero-order valence-electron chi connectivity index (χ0n) is 9.12. The summed E-state index contributed by atoms with van der Waals surface area (Å²) in [6.07, 6.45) is 3.37. The van der Waals surface area contributed by atoms with Crippen molar-refractivity contribution < 1.29 is 9.53 Å². The number of hydrogen-bond donors (Lipinski definition) is 1. The lowest BCUT2D eigenvalue weighted by atomic mass is 9.81. The first kappa shape index (κ1) is 11.1. The van der Waals surface area contributed by atoms with Gasteiger partial charge in [-0.1, -0.05) is 19.9 Å². The molecule has 0 aliphatic heterocycles. The van der Waals surface area contributed by atoms with E-state index < -0.39 is 6.09 Å². The van der Waals surface area contributed by atoms with Crippen molar-refractivity contribution >= 4 is 6.09 Å². The van der Waals surface area contributed by atoms with Gasteiger partial charge in [0.1, 0.15) is 6.10 Å². The van der Waals surface area contributed by atoms with Gasteiger partial charge in [-0.15, -0.1) is 0 Å². The highest BCUT2D eigenvalue weighted by Crippen LogP contribution is 2.30.